The molecule has 13 heteroatoms. The van der Waals surface area contributed by atoms with Crippen LogP contribution in [0.2, 0.25) is 5.02 Å². The molecule has 44 heavy (non-hydrogen) atoms. The van der Waals surface area contributed by atoms with Gasteiger partial charge in [-0.25, -0.2) is 9.59 Å². The van der Waals surface area contributed by atoms with Gasteiger partial charge < -0.3 is 34.7 Å². The van der Waals surface area contributed by atoms with E-state index >= 15 is 0 Å². The van der Waals surface area contributed by atoms with Crippen LogP contribution in [0.3, 0.4) is 0 Å². The van der Waals surface area contributed by atoms with Crippen molar-refractivity contribution in [2.45, 2.75) is 32.7 Å². The van der Waals surface area contributed by atoms with E-state index in [1.807, 2.05) is 49.4 Å². The van der Waals surface area contributed by atoms with E-state index in [0.717, 1.165) is 20.4 Å². The minimum Gasteiger partial charge on any atom is -0.490 e. The molecule has 1 aliphatic rings. The van der Waals surface area contributed by atoms with Crippen LogP contribution >= 0.6 is 34.2 Å². The normalized spacial score (nSPS) is 15.3. The van der Waals surface area contributed by atoms with E-state index in [-0.39, 0.29) is 12.2 Å². The summed E-state index contributed by atoms with van der Waals surface area (Å²) in [7, 11) is 1.28. The monoisotopic (exact) mass is 734 g/mol. The molecule has 2 atom stereocenters. The van der Waals surface area contributed by atoms with Gasteiger partial charge in [0.05, 0.1) is 35.1 Å². The predicted molar refractivity (Wildman–Crippen MR) is 174 cm³/mol. The summed E-state index contributed by atoms with van der Waals surface area (Å²) < 4.78 is 23.3. The SMILES string of the molecule is CCOc1cc([C@@H]2NC(=O)NC(C)=C2C(=O)OC)ccc1OC[C@@H](O)N/N=C\c1ccc(OCc2ccc(Cl)cc2)c(I)c1. The first-order valence-corrected chi connectivity index (χ1v) is 15.0. The second kappa shape index (κ2) is 15.6. The summed E-state index contributed by atoms with van der Waals surface area (Å²) >= 11 is 8.13. The zero-order valence-corrected chi connectivity index (χ0v) is 27.1. The summed E-state index contributed by atoms with van der Waals surface area (Å²) in [5, 5.41) is 20.5. The predicted octanol–water partition coefficient (Wildman–Crippen LogP) is 5.04. The van der Waals surface area contributed by atoms with Crippen molar-refractivity contribution in [2.75, 3.05) is 20.3 Å². The Bertz CT molecular complexity index is 1550. The summed E-state index contributed by atoms with van der Waals surface area (Å²) in [4.78, 5) is 24.6. The van der Waals surface area contributed by atoms with Gasteiger partial charge in [-0.15, -0.1) is 0 Å². The third-order valence-corrected chi connectivity index (χ3v) is 7.47. The Morgan fingerprint density at radius 3 is 2.55 bits per heavy atom. The van der Waals surface area contributed by atoms with Crippen LogP contribution in [0.5, 0.6) is 17.2 Å². The van der Waals surface area contributed by atoms with Gasteiger partial charge in [-0.05, 0) is 95.6 Å². The topological polar surface area (TPSA) is 140 Å². The molecule has 0 fully saturated rings. The molecule has 0 aromatic heterocycles. The molecule has 2 amide bonds. The molecular formula is C31H32ClIN4O7. The van der Waals surface area contributed by atoms with Crippen molar-refractivity contribution in [1.29, 1.82) is 0 Å². The van der Waals surface area contributed by atoms with Gasteiger partial charge in [0, 0.05) is 10.7 Å². The highest BCUT2D eigenvalue weighted by Crippen LogP contribution is 2.35. The zero-order valence-electron chi connectivity index (χ0n) is 24.2. The quantitative estimate of drug-likeness (QED) is 0.0630. The number of amides is 2. The molecule has 0 spiro atoms. The molecule has 4 N–H and O–H groups in total. The number of aliphatic hydroxyl groups excluding tert-OH is 1. The van der Waals surface area contributed by atoms with Crippen LogP contribution in [0, 0.1) is 3.57 Å². The molecule has 3 aromatic carbocycles. The van der Waals surface area contributed by atoms with Crippen molar-refractivity contribution in [3.8, 4) is 17.2 Å². The van der Waals surface area contributed by atoms with E-state index in [2.05, 4.69) is 43.8 Å². The average molecular weight is 735 g/mol. The van der Waals surface area contributed by atoms with Gasteiger partial charge in [0.1, 0.15) is 19.0 Å². The Labute approximate surface area is 273 Å². The fraction of sp³-hybridized carbons (Fsp3) is 0.258. The van der Waals surface area contributed by atoms with E-state index in [1.165, 1.54) is 7.11 Å². The number of benzene rings is 3. The average Bonchev–Trinajstić information content (AvgIpc) is 3.00. The number of allylic oxidation sites excluding steroid dienone is 1. The minimum atomic E-state index is -1.12. The molecule has 3 aromatic rings. The number of carbonyl (C=O) groups excluding carboxylic acids is 2. The highest BCUT2D eigenvalue weighted by atomic mass is 127. The lowest BCUT2D eigenvalue weighted by Gasteiger charge is -2.28. The Hall–Kier alpha value is -4.01. The molecule has 0 saturated heterocycles. The zero-order chi connectivity index (χ0) is 31.6. The lowest BCUT2D eigenvalue weighted by atomic mass is 9.95. The van der Waals surface area contributed by atoms with Crippen molar-refractivity contribution in [1.82, 2.24) is 16.1 Å². The van der Waals surface area contributed by atoms with Crippen LogP contribution in [-0.2, 0) is 16.1 Å². The molecule has 0 saturated carbocycles. The number of carbonyl (C=O) groups is 2. The van der Waals surface area contributed by atoms with Gasteiger partial charge in [0.15, 0.2) is 17.7 Å². The lowest BCUT2D eigenvalue weighted by molar-refractivity contribution is -0.136. The number of esters is 1. The largest absolute Gasteiger partial charge is 0.490 e. The fourth-order valence-corrected chi connectivity index (χ4v) is 5.10. The number of nitrogens with one attached hydrogen (secondary N) is 3. The van der Waals surface area contributed by atoms with Crippen LogP contribution in [0.25, 0.3) is 0 Å². The van der Waals surface area contributed by atoms with Gasteiger partial charge in [-0.1, -0.05) is 29.8 Å². The lowest BCUT2D eigenvalue weighted by Crippen LogP contribution is -2.45. The van der Waals surface area contributed by atoms with Crippen molar-refractivity contribution >= 4 is 52.4 Å². The first kappa shape index (κ1) is 32.9. The number of methoxy groups -OCH3 is 1. The number of urea groups is 1. The minimum absolute atomic E-state index is 0.137. The molecule has 0 bridgehead atoms. The van der Waals surface area contributed by atoms with Crippen molar-refractivity contribution in [3.05, 3.63) is 97.2 Å². The van der Waals surface area contributed by atoms with Gasteiger partial charge in [0.25, 0.3) is 0 Å². The van der Waals surface area contributed by atoms with Crippen molar-refractivity contribution < 1.29 is 33.6 Å². The Kier molecular flexibility index (Phi) is 11.7. The summed E-state index contributed by atoms with van der Waals surface area (Å²) in [5.74, 6) is 0.916. The molecule has 1 heterocycles. The van der Waals surface area contributed by atoms with E-state index in [4.69, 9.17) is 30.5 Å². The molecule has 0 radical (unpaired) electrons. The van der Waals surface area contributed by atoms with Gasteiger partial charge in [-0.3, -0.25) is 5.43 Å². The Morgan fingerprint density at radius 1 is 1.09 bits per heavy atom. The van der Waals surface area contributed by atoms with Gasteiger partial charge in [-0.2, -0.15) is 5.10 Å². The third kappa shape index (κ3) is 8.77. The standard InChI is InChI=1S/C31H32ClIN4O7/c1-4-42-26-14-21(29-28(30(39)41-3)18(2)35-31(40)36-29)8-12-25(26)44-17-27(38)37-34-15-20-7-11-24(23(33)13-20)43-16-19-5-9-22(32)10-6-19/h5-15,27,29,37-38H,4,16-17H2,1-3H3,(H2,35,36,40)/b34-15-/t27-,29+/m1/s1. The summed E-state index contributed by atoms with van der Waals surface area (Å²) in [6, 6.07) is 16.9. The number of aliphatic hydroxyl groups is 1. The molecule has 11 nitrogen and oxygen atoms in total. The maximum atomic E-state index is 12.4. The second-order valence-corrected chi connectivity index (χ2v) is 11.1. The van der Waals surface area contributed by atoms with Gasteiger partial charge >= 0.3 is 12.0 Å². The van der Waals surface area contributed by atoms with Crippen LogP contribution in [0.4, 0.5) is 4.79 Å². The van der Waals surface area contributed by atoms with E-state index in [0.29, 0.717) is 41.0 Å². The molecule has 232 valence electrons. The first-order chi connectivity index (χ1) is 21.2. The number of hydrogen-bond donors (Lipinski definition) is 4. The summed E-state index contributed by atoms with van der Waals surface area (Å²) in [5.41, 5.74) is 5.72. The molecular weight excluding hydrogens is 703 g/mol. The van der Waals surface area contributed by atoms with Crippen LogP contribution < -0.4 is 30.3 Å². The fourth-order valence-electron chi connectivity index (χ4n) is 4.28. The Morgan fingerprint density at radius 2 is 1.84 bits per heavy atom. The molecule has 4 rings (SSSR count). The van der Waals surface area contributed by atoms with Crippen LogP contribution in [0.15, 0.2) is 77.0 Å². The second-order valence-electron chi connectivity index (χ2n) is 9.52. The van der Waals surface area contributed by atoms with Crippen LogP contribution in [-0.4, -0.2) is 49.9 Å². The van der Waals surface area contributed by atoms with Crippen molar-refractivity contribution in [2.24, 2.45) is 5.10 Å². The third-order valence-electron chi connectivity index (χ3n) is 6.37. The van der Waals surface area contributed by atoms with Crippen LogP contribution in [0.1, 0.15) is 36.6 Å². The highest BCUT2D eigenvalue weighted by molar-refractivity contribution is 14.1. The van der Waals surface area contributed by atoms with Crippen molar-refractivity contribution in [3.63, 3.8) is 0 Å². The number of hydrazone groups is 1. The Balaban J connectivity index is 1.34. The maximum absolute atomic E-state index is 12.4. The van der Waals surface area contributed by atoms with E-state index < -0.39 is 24.3 Å². The summed E-state index contributed by atoms with van der Waals surface area (Å²) in [6.07, 6.45) is 0.456. The number of halogens is 2. The molecule has 0 unspecified atom stereocenters. The first-order valence-electron chi connectivity index (χ1n) is 13.6. The number of nitrogens with zero attached hydrogens (tertiary/aromatic N) is 1. The smallest absolute Gasteiger partial charge is 0.337 e. The van der Waals surface area contributed by atoms with E-state index in [9.17, 15) is 14.7 Å². The van der Waals surface area contributed by atoms with E-state index in [1.54, 1.807) is 31.3 Å². The molecule has 1 aliphatic heterocycles. The molecule has 0 aliphatic carbocycles. The number of rotatable bonds is 13. The number of ether oxygens (including phenoxy) is 4. The number of hydrogen-bond acceptors (Lipinski definition) is 9. The maximum Gasteiger partial charge on any atom is 0.337 e. The van der Waals surface area contributed by atoms with Gasteiger partial charge in [0.2, 0.25) is 0 Å². The summed E-state index contributed by atoms with van der Waals surface area (Å²) in [6.45, 7) is 4.07. The highest BCUT2D eigenvalue weighted by Gasteiger charge is 2.32.